The molecule has 0 radical (unpaired) electrons. The first kappa shape index (κ1) is 15.7. The van der Waals surface area contributed by atoms with Gasteiger partial charge in [-0.15, -0.1) is 11.3 Å². The summed E-state index contributed by atoms with van der Waals surface area (Å²) in [6.45, 7) is 5.70. The lowest BCUT2D eigenvalue weighted by molar-refractivity contribution is 0.340. The Hall–Kier alpha value is -1.17. The molecule has 1 N–H and O–H groups in total. The van der Waals surface area contributed by atoms with Gasteiger partial charge in [0, 0.05) is 27.7 Å². The molecule has 22 heavy (non-hydrogen) atoms. The number of rotatable bonds is 5. The maximum Gasteiger partial charge on any atom is 0.127 e. The van der Waals surface area contributed by atoms with E-state index in [0.717, 1.165) is 34.4 Å². The van der Waals surface area contributed by atoms with Gasteiger partial charge in [0.05, 0.1) is 6.04 Å². The summed E-state index contributed by atoms with van der Waals surface area (Å²) >= 11 is 5.24. The third-order valence-corrected chi connectivity index (χ3v) is 5.23. The van der Waals surface area contributed by atoms with Crippen molar-refractivity contribution in [2.24, 2.45) is 0 Å². The molecule has 1 aromatic carbocycles. The SMILES string of the molecule is CCC(NCC1=Cc2cc(Br)ccc2OC1)c1nc(C)cs1. The number of halogens is 1. The van der Waals surface area contributed by atoms with Gasteiger partial charge in [-0.05, 0) is 43.2 Å². The smallest absolute Gasteiger partial charge is 0.127 e. The summed E-state index contributed by atoms with van der Waals surface area (Å²) in [5, 5.41) is 6.88. The number of hydrogen-bond acceptors (Lipinski definition) is 4. The van der Waals surface area contributed by atoms with Gasteiger partial charge in [-0.3, -0.25) is 0 Å². The van der Waals surface area contributed by atoms with Crippen LogP contribution >= 0.6 is 27.3 Å². The van der Waals surface area contributed by atoms with Crippen molar-refractivity contribution in [1.82, 2.24) is 10.3 Å². The Kier molecular flexibility index (Phi) is 4.96. The van der Waals surface area contributed by atoms with Crippen LogP contribution in [0.3, 0.4) is 0 Å². The molecule has 0 aliphatic carbocycles. The minimum atomic E-state index is 0.309. The van der Waals surface area contributed by atoms with Gasteiger partial charge in [0.1, 0.15) is 17.4 Å². The van der Waals surface area contributed by atoms with Crippen LogP contribution in [0.15, 0.2) is 33.6 Å². The molecule has 0 bridgehead atoms. The van der Waals surface area contributed by atoms with Crippen LogP contribution in [0.4, 0.5) is 0 Å². The normalized spacial score (nSPS) is 15.0. The van der Waals surface area contributed by atoms with Gasteiger partial charge in [-0.2, -0.15) is 0 Å². The Morgan fingerprint density at radius 3 is 3.05 bits per heavy atom. The topological polar surface area (TPSA) is 34.1 Å². The molecule has 0 spiro atoms. The Labute approximate surface area is 143 Å². The second-order valence-corrected chi connectivity index (χ2v) is 7.25. The highest BCUT2D eigenvalue weighted by atomic mass is 79.9. The lowest BCUT2D eigenvalue weighted by Crippen LogP contribution is -2.25. The van der Waals surface area contributed by atoms with Crippen molar-refractivity contribution in [3.05, 3.63) is 49.9 Å². The first-order chi connectivity index (χ1) is 10.7. The van der Waals surface area contributed by atoms with Crippen LogP contribution < -0.4 is 10.1 Å². The molecular formula is C17H19BrN2OS. The lowest BCUT2D eigenvalue weighted by Gasteiger charge is -2.21. The fourth-order valence-electron chi connectivity index (χ4n) is 2.49. The first-order valence-corrected chi connectivity index (χ1v) is 9.10. The molecule has 1 aliphatic heterocycles. The number of hydrogen-bond donors (Lipinski definition) is 1. The predicted octanol–water partition coefficient (Wildman–Crippen LogP) is 4.73. The molecule has 0 amide bonds. The third-order valence-electron chi connectivity index (χ3n) is 3.66. The number of benzene rings is 1. The second-order valence-electron chi connectivity index (χ2n) is 5.44. The average molecular weight is 379 g/mol. The molecule has 2 heterocycles. The zero-order valence-corrected chi connectivity index (χ0v) is 15.1. The van der Waals surface area contributed by atoms with Gasteiger partial charge in [-0.1, -0.05) is 22.9 Å². The molecule has 5 heteroatoms. The summed E-state index contributed by atoms with van der Waals surface area (Å²) in [6, 6.07) is 6.42. The van der Waals surface area contributed by atoms with Gasteiger partial charge in [-0.25, -0.2) is 4.98 Å². The average Bonchev–Trinajstić information content (AvgIpc) is 2.94. The summed E-state index contributed by atoms with van der Waals surface area (Å²) in [4.78, 5) is 4.59. The lowest BCUT2D eigenvalue weighted by atomic mass is 10.1. The van der Waals surface area contributed by atoms with Gasteiger partial charge in [0.15, 0.2) is 0 Å². The van der Waals surface area contributed by atoms with E-state index in [4.69, 9.17) is 4.74 Å². The molecule has 1 atom stereocenters. The van der Waals surface area contributed by atoms with Gasteiger partial charge in [0.2, 0.25) is 0 Å². The van der Waals surface area contributed by atoms with Crippen molar-refractivity contribution in [2.45, 2.75) is 26.3 Å². The fourth-order valence-corrected chi connectivity index (χ4v) is 3.82. The largest absolute Gasteiger partial charge is 0.489 e. The summed E-state index contributed by atoms with van der Waals surface area (Å²) in [6.07, 6.45) is 3.25. The zero-order chi connectivity index (χ0) is 15.5. The van der Waals surface area contributed by atoms with Gasteiger partial charge < -0.3 is 10.1 Å². The molecule has 3 rings (SSSR count). The van der Waals surface area contributed by atoms with Crippen molar-refractivity contribution >= 4 is 33.3 Å². The van der Waals surface area contributed by atoms with Crippen LogP contribution in [-0.2, 0) is 0 Å². The third kappa shape index (κ3) is 3.59. The zero-order valence-electron chi connectivity index (χ0n) is 12.7. The van der Waals surface area contributed by atoms with Crippen LogP contribution in [0, 0.1) is 6.92 Å². The highest BCUT2D eigenvalue weighted by molar-refractivity contribution is 9.10. The van der Waals surface area contributed by atoms with Crippen LogP contribution in [0.25, 0.3) is 6.08 Å². The Morgan fingerprint density at radius 2 is 2.32 bits per heavy atom. The first-order valence-electron chi connectivity index (χ1n) is 7.43. The number of fused-ring (bicyclic) bond motifs is 1. The van der Waals surface area contributed by atoms with E-state index in [0.29, 0.717) is 12.6 Å². The van der Waals surface area contributed by atoms with Gasteiger partial charge in [0.25, 0.3) is 0 Å². The highest BCUT2D eigenvalue weighted by Crippen LogP contribution is 2.29. The number of nitrogens with one attached hydrogen (secondary N) is 1. The van der Waals surface area contributed by atoms with E-state index >= 15 is 0 Å². The van der Waals surface area contributed by atoms with Crippen LogP contribution in [0.5, 0.6) is 5.75 Å². The number of thiazole rings is 1. The Bertz CT molecular complexity index is 696. The maximum atomic E-state index is 5.82. The quantitative estimate of drug-likeness (QED) is 0.816. The molecule has 0 saturated heterocycles. The van der Waals surface area contributed by atoms with Crippen LogP contribution in [0.1, 0.15) is 35.7 Å². The van der Waals surface area contributed by atoms with Crippen LogP contribution in [0.2, 0.25) is 0 Å². The van der Waals surface area contributed by atoms with Crippen molar-refractivity contribution in [3.8, 4) is 5.75 Å². The van der Waals surface area contributed by atoms with Crippen molar-refractivity contribution in [3.63, 3.8) is 0 Å². The summed E-state index contributed by atoms with van der Waals surface area (Å²) in [7, 11) is 0. The highest BCUT2D eigenvalue weighted by Gasteiger charge is 2.15. The number of nitrogens with zero attached hydrogens (tertiary/aromatic N) is 1. The molecule has 3 nitrogen and oxygen atoms in total. The van der Waals surface area contributed by atoms with E-state index in [9.17, 15) is 0 Å². The number of ether oxygens (including phenoxy) is 1. The second kappa shape index (κ2) is 6.94. The fraction of sp³-hybridized carbons (Fsp3) is 0.353. The van der Waals surface area contributed by atoms with E-state index in [1.54, 1.807) is 11.3 Å². The minimum absolute atomic E-state index is 0.309. The Morgan fingerprint density at radius 1 is 1.45 bits per heavy atom. The standard InChI is InChI=1S/C17H19BrN2OS/c1-3-15(17-20-11(2)10-22-17)19-8-12-6-13-7-14(18)4-5-16(13)21-9-12/h4-7,10,15,19H,3,8-9H2,1-2H3. The Balaban J connectivity index is 1.68. The van der Waals surface area contributed by atoms with E-state index < -0.39 is 0 Å². The molecule has 1 unspecified atom stereocenters. The summed E-state index contributed by atoms with van der Waals surface area (Å²) < 4.78 is 6.90. The molecule has 116 valence electrons. The minimum Gasteiger partial charge on any atom is -0.489 e. The van der Waals surface area contributed by atoms with E-state index in [1.165, 1.54) is 10.6 Å². The summed E-state index contributed by atoms with van der Waals surface area (Å²) in [5.41, 5.74) is 3.49. The molecule has 0 fully saturated rings. The summed E-state index contributed by atoms with van der Waals surface area (Å²) in [5.74, 6) is 0.953. The van der Waals surface area contributed by atoms with E-state index in [-0.39, 0.29) is 0 Å². The molecule has 1 aromatic heterocycles. The molecule has 0 saturated carbocycles. The van der Waals surface area contributed by atoms with Gasteiger partial charge >= 0.3 is 0 Å². The molecule has 1 aliphatic rings. The van der Waals surface area contributed by atoms with E-state index in [1.807, 2.05) is 19.1 Å². The predicted molar refractivity (Wildman–Crippen MR) is 95.5 cm³/mol. The molecule has 2 aromatic rings. The van der Waals surface area contributed by atoms with Crippen molar-refractivity contribution in [2.75, 3.05) is 13.2 Å². The number of aryl methyl sites for hydroxylation is 1. The van der Waals surface area contributed by atoms with Crippen molar-refractivity contribution in [1.29, 1.82) is 0 Å². The number of aromatic nitrogens is 1. The monoisotopic (exact) mass is 378 g/mol. The van der Waals surface area contributed by atoms with E-state index in [2.05, 4.69) is 50.7 Å². The molecular weight excluding hydrogens is 360 g/mol. The maximum absolute atomic E-state index is 5.82. The van der Waals surface area contributed by atoms with Crippen molar-refractivity contribution < 1.29 is 4.74 Å². The van der Waals surface area contributed by atoms with Crippen LogP contribution in [-0.4, -0.2) is 18.1 Å².